The lowest BCUT2D eigenvalue weighted by atomic mass is 10.0. The molecule has 0 unspecified atom stereocenters. The smallest absolute Gasteiger partial charge is 0.338 e. The van der Waals surface area contributed by atoms with Crippen LogP contribution in [-0.2, 0) is 17.8 Å². The predicted octanol–water partition coefficient (Wildman–Crippen LogP) is 2.89. The molecule has 1 aromatic carbocycles. The van der Waals surface area contributed by atoms with E-state index in [1.54, 1.807) is 25.1 Å². The highest BCUT2D eigenvalue weighted by Crippen LogP contribution is 2.32. The van der Waals surface area contributed by atoms with Gasteiger partial charge in [0.1, 0.15) is 11.5 Å². The lowest BCUT2D eigenvalue weighted by molar-refractivity contribution is -0.112. The van der Waals surface area contributed by atoms with Gasteiger partial charge >= 0.3 is 5.97 Å². The third kappa shape index (κ3) is 3.49. The van der Waals surface area contributed by atoms with Gasteiger partial charge in [-0.25, -0.2) is 14.8 Å². The molecule has 144 valence electrons. The number of aromatic amines is 1. The Kier molecular flexibility index (Phi) is 5.23. The Hall–Kier alpha value is -3.52. The van der Waals surface area contributed by atoms with Crippen molar-refractivity contribution in [1.82, 2.24) is 15.0 Å². The van der Waals surface area contributed by atoms with E-state index in [0.717, 1.165) is 0 Å². The monoisotopic (exact) mass is 380 g/mol. The number of nitrogens with zero attached hydrogens (tertiary/aromatic N) is 2. The fourth-order valence-electron chi connectivity index (χ4n) is 2.82. The van der Waals surface area contributed by atoms with Gasteiger partial charge in [0.25, 0.3) is 5.91 Å². The van der Waals surface area contributed by atoms with Gasteiger partial charge in [-0.05, 0) is 13.0 Å². The van der Waals surface area contributed by atoms with Crippen molar-refractivity contribution in [3.63, 3.8) is 0 Å². The minimum absolute atomic E-state index is 0.0615. The highest BCUT2D eigenvalue weighted by atomic mass is 16.4. The molecule has 0 saturated heterocycles. The molecule has 0 bridgehead atoms. The Morgan fingerprint density at radius 1 is 1.29 bits per heavy atom. The maximum Gasteiger partial charge on any atom is 0.338 e. The summed E-state index contributed by atoms with van der Waals surface area (Å²) in [5, 5.41) is 22.2. The number of benzene rings is 1. The maximum absolute atomic E-state index is 12.0. The van der Waals surface area contributed by atoms with Gasteiger partial charge in [0.2, 0.25) is 0 Å². The van der Waals surface area contributed by atoms with Crippen molar-refractivity contribution in [2.45, 2.75) is 26.9 Å². The number of carbonyl (C=O) groups is 2. The average molecular weight is 380 g/mol. The van der Waals surface area contributed by atoms with Crippen LogP contribution < -0.4 is 5.32 Å². The van der Waals surface area contributed by atoms with E-state index in [-0.39, 0.29) is 18.1 Å². The first-order valence-corrected chi connectivity index (χ1v) is 8.68. The van der Waals surface area contributed by atoms with Crippen molar-refractivity contribution >= 4 is 28.6 Å². The molecule has 2 aromatic heterocycles. The molecular weight excluding hydrogens is 360 g/mol. The molecule has 0 aliphatic rings. The molecule has 8 heteroatoms. The van der Waals surface area contributed by atoms with Crippen molar-refractivity contribution in [1.29, 1.82) is 0 Å². The topological polar surface area (TPSA) is 128 Å². The van der Waals surface area contributed by atoms with Crippen LogP contribution in [0.5, 0.6) is 0 Å². The second-order valence-corrected chi connectivity index (χ2v) is 6.34. The van der Waals surface area contributed by atoms with E-state index < -0.39 is 5.97 Å². The lowest BCUT2D eigenvalue weighted by Crippen LogP contribution is -2.13. The molecular formula is C20H20N4O4. The molecule has 8 nitrogen and oxygen atoms in total. The van der Waals surface area contributed by atoms with E-state index >= 15 is 0 Å². The number of carbonyl (C=O) groups excluding carboxylic acids is 1. The minimum Gasteiger partial charge on any atom is -0.478 e. The number of aliphatic hydroxyl groups excluding tert-OH is 1. The summed E-state index contributed by atoms with van der Waals surface area (Å²) in [7, 11) is 0. The fourth-order valence-corrected chi connectivity index (χ4v) is 2.82. The van der Waals surface area contributed by atoms with Crippen molar-refractivity contribution in [3.05, 3.63) is 53.5 Å². The van der Waals surface area contributed by atoms with Crippen LogP contribution >= 0.6 is 0 Å². The van der Waals surface area contributed by atoms with Crippen LogP contribution in [0.15, 0.2) is 36.5 Å². The molecule has 0 aliphatic heterocycles. The van der Waals surface area contributed by atoms with Gasteiger partial charge in [-0.3, -0.25) is 4.79 Å². The van der Waals surface area contributed by atoms with Gasteiger partial charge in [-0.2, -0.15) is 0 Å². The molecule has 3 aromatic rings. The quantitative estimate of drug-likeness (QED) is 0.487. The number of H-pyrrole nitrogens is 1. The molecule has 0 saturated carbocycles. The summed E-state index contributed by atoms with van der Waals surface area (Å²) < 4.78 is 0. The fraction of sp³-hybridized carbons (Fsp3) is 0.200. The van der Waals surface area contributed by atoms with E-state index in [4.69, 9.17) is 0 Å². The minimum atomic E-state index is -1.09. The number of nitrogens with one attached hydrogen (secondary N) is 2. The zero-order chi connectivity index (χ0) is 20.4. The normalized spacial score (nSPS) is 10.8. The second-order valence-electron chi connectivity index (χ2n) is 6.34. The van der Waals surface area contributed by atoms with Crippen LogP contribution in [0.2, 0.25) is 0 Å². The van der Waals surface area contributed by atoms with Crippen LogP contribution in [0, 0.1) is 0 Å². The van der Waals surface area contributed by atoms with Crippen molar-refractivity contribution in [2.75, 3.05) is 5.32 Å². The van der Waals surface area contributed by atoms with E-state index in [2.05, 4.69) is 26.8 Å². The zero-order valence-electron chi connectivity index (χ0n) is 15.5. The third-order valence-electron chi connectivity index (χ3n) is 4.31. The van der Waals surface area contributed by atoms with Crippen molar-refractivity contribution < 1.29 is 19.8 Å². The van der Waals surface area contributed by atoms with Crippen molar-refractivity contribution in [3.8, 4) is 11.3 Å². The second kappa shape index (κ2) is 7.61. The Morgan fingerprint density at radius 2 is 2.04 bits per heavy atom. The van der Waals surface area contributed by atoms with Crippen LogP contribution in [0.1, 0.15) is 35.6 Å². The summed E-state index contributed by atoms with van der Waals surface area (Å²) in [4.78, 5) is 35.4. The van der Waals surface area contributed by atoms with Crippen molar-refractivity contribution in [2.24, 2.45) is 0 Å². The molecule has 4 N–H and O–H groups in total. The van der Waals surface area contributed by atoms with E-state index in [1.165, 1.54) is 6.20 Å². The molecule has 0 radical (unpaired) electrons. The number of fused-ring (bicyclic) bond motifs is 1. The summed E-state index contributed by atoms with van der Waals surface area (Å²) in [6.07, 6.45) is 1.95. The number of aromatic nitrogens is 3. The molecule has 1 amide bonds. The van der Waals surface area contributed by atoms with Gasteiger partial charge in [0.05, 0.1) is 23.3 Å². The lowest BCUT2D eigenvalue weighted by Gasteiger charge is -2.13. The number of amides is 1. The predicted molar refractivity (Wildman–Crippen MR) is 105 cm³/mol. The van der Waals surface area contributed by atoms with E-state index in [9.17, 15) is 19.8 Å². The SMILES string of the molecule is C=C(C)C(=O)Nc1cc(-c2nc(CC)nc3[nH]cc(C(=O)O)c23)ccc1CO. The van der Waals surface area contributed by atoms with Gasteiger partial charge in [-0.1, -0.05) is 25.6 Å². The Bertz CT molecular complexity index is 1100. The maximum atomic E-state index is 12.0. The largest absolute Gasteiger partial charge is 0.478 e. The third-order valence-corrected chi connectivity index (χ3v) is 4.31. The summed E-state index contributed by atoms with van der Waals surface area (Å²) in [5.74, 6) is -0.912. The number of anilines is 1. The number of hydrogen-bond donors (Lipinski definition) is 4. The molecule has 2 heterocycles. The number of rotatable bonds is 6. The highest BCUT2D eigenvalue weighted by Gasteiger charge is 2.20. The number of hydrogen-bond acceptors (Lipinski definition) is 5. The first kappa shape index (κ1) is 19.2. The summed E-state index contributed by atoms with van der Waals surface area (Å²) in [6, 6.07) is 5.05. The summed E-state index contributed by atoms with van der Waals surface area (Å²) >= 11 is 0. The molecule has 0 atom stereocenters. The van der Waals surface area contributed by atoms with Crippen LogP contribution in [0.4, 0.5) is 5.69 Å². The number of aliphatic hydroxyl groups is 1. The van der Waals surface area contributed by atoms with Crippen LogP contribution in [0.25, 0.3) is 22.3 Å². The number of carboxylic acids is 1. The summed E-state index contributed by atoms with van der Waals surface area (Å²) in [6.45, 7) is 6.83. The van der Waals surface area contributed by atoms with Gasteiger partial charge in [-0.15, -0.1) is 0 Å². The molecule has 3 rings (SSSR count). The van der Waals surface area contributed by atoms with E-state index in [1.807, 2.05) is 6.92 Å². The Labute approximate surface area is 161 Å². The average Bonchev–Trinajstić information content (AvgIpc) is 3.11. The Balaban J connectivity index is 2.23. The van der Waals surface area contributed by atoms with Gasteiger partial charge in [0, 0.05) is 35.0 Å². The number of aryl methyl sites for hydroxylation is 1. The highest BCUT2D eigenvalue weighted by molar-refractivity contribution is 6.08. The first-order valence-electron chi connectivity index (χ1n) is 8.68. The molecule has 0 spiro atoms. The van der Waals surface area contributed by atoms with Crippen LogP contribution in [-0.4, -0.2) is 37.0 Å². The van der Waals surface area contributed by atoms with E-state index in [0.29, 0.717) is 51.4 Å². The number of aromatic carboxylic acids is 1. The first-order chi connectivity index (χ1) is 13.3. The molecule has 0 fully saturated rings. The Morgan fingerprint density at radius 3 is 2.64 bits per heavy atom. The number of carboxylic acid groups (broad SMARTS) is 1. The zero-order valence-corrected chi connectivity index (χ0v) is 15.5. The molecule has 28 heavy (non-hydrogen) atoms. The van der Waals surface area contributed by atoms with Gasteiger partial charge < -0.3 is 20.5 Å². The standard InChI is InChI=1S/C20H20N4O4/c1-4-15-23-17(16-13(20(27)28)8-21-18(16)24-15)11-5-6-12(9-25)14(7-11)22-19(26)10(2)3/h5-8,25H,2,4,9H2,1,3H3,(H,22,26)(H,27,28)(H,21,23,24). The van der Waals surface area contributed by atoms with Crippen LogP contribution in [0.3, 0.4) is 0 Å². The van der Waals surface area contributed by atoms with Gasteiger partial charge in [0.15, 0.2) is 0 Å². The molecule has 0 aliphatic carbocycles. The summed E-state index contributed by atoms with van der Waals surface area (Å²) in [5.41, 5.74) is 2.78.